The minimum absolute atomic E-state index is 0.101. The Labute approximate surface area is 183 Å². The number of para-hydroxylation sites is 2. The summed E-state index contributed by atoms with van der Waals surface area (Å²) in [6.45, 7) is 5.34. The Morgan fingerprint density at radius 2 is 1.61 bits per heavy atom. The van der Waals surface area contributed by atoms with E-state index >= 15 is 0 Å². The largest absolute Gasteiger partial charge is 0.495 e. The predicted molar refractivity (Wildman–Crippen MR) is 123 cm³/mol. The molecule has 0 aliphatic carbocycles. The predicted octanol–water partition coefficient (Wildman–Crippen LogP) is 4.45. The van der Waals surface area contributed by atoms with Crippen LogP contribution in [0, 0.1) is 20.8 Å². The molecule has 0 unspecified atom stereocenters. The summed E-state index contributed by atoms with van der Waals surface area (Å²) in [5, 5.41) is 2.84. The lowest BCUT2D eigenvalue weighted by molar-refractivity contribution is -0.114. The molecule has 7 heteroatoms. The number of anilines is 2. The highest BCUT2D eigenvalue weighted by Crippen LogP contribution is 2.32. The van der Waals surface area contributed by atoms with Crippen LogP contribution in [0.3, 0.4) is 0 Å². The van der Waals surface area contributed by atoms with E-state index in [1.807, 2.05) is 32.9 Å². The maximum Gasteiger partial charge on any atom is 0.264 e. The Bertz CT molecular complexity index is 1190. The van der Waals surface area contributed by atoms with E-state index in [1.54, 1.807) is 42.5 Å². The molecule has 0 aliphatic heterocycles. The summed E-state index contributed by atoms with van der Waals surface area (Å²) in [6.07, 6.45) is 0. The SMILES string of the molecule is COc1ccccc1N(CC(=O)Nc1cccc(C)c1C)S(=O)(=O)c1ccc(C)cc1. The molecule has 0 fully saturated rings. The summed E-state index contributed by atoms with van der Waals surface area (Å²) >= 11 is 0. The third-order valence-corrected chi connectivity index (χ3v) is 6.90. The third kappa shape index (κ3) is 4.88. The number of hydrogen-bond donors (Lipinski definition) is 1. The number of ether oxygens (including phenoxy) is 1. The van der Waals surface area contributed by atoms with Crippen LogP contribution in [-0.4, -0.2) is 28.0 Å². The number of carbonyl (C=O) groups is 1. The van der Waals surface area contributed by atoms with Crippen molar-refractivity contribution in [2.75, 3.05) is 23.3 Å². The van der Waals surface area contributed by atoms with Gasteiger partial charge >= 0.3 is 0 Å². The van der Waals surface area contributed by atoms with Crippen molar-refractivity contribution in [3.05, 3.63) is 83.4 Å². The highest BCUT2D eigenvalue weighted by atomic mass is 32.2. The van der Waals surface area contributed by atoms with Crippen molar-refractivity contribution in [2.24, 2.45) is 0 Å². The van der Waals surface area contributed by atoms with Crippen molar-refractivity contribution in [3.63, 3.8) is 0 Å². The average Bonchev–Trinajstić information content (AvgIpc) is 2.75. The Morgan fingerprint density at radius 1 is 0.935 bits per heavy atom. The van der Waals surface area contributed by atoms with Crippen molar-refractivity contribution < 1.29 is 17.9 Å². The molecule has 6 nitrogen and oxygen atoms in total. The van der Waals surface area contributed by atoms with Crippen LogP contribution < -0.4 is 14.4 Å². The van der Waals surface area contributed by atoms with Crippen LogP contribution in [0.2, 0.25) is 0 Å². The summed E-state index contributed by atoms with van der Waals surface area (Å²) in [5.41, 5.74) is 3.85. The second-order valence-electron chi connectivity index (χ2n) is 7.29. The second-order valence-corrected chi connectivity index (χ2v) is 9.15. The average molecular weight is 439 g/mol. The molecular formula is C24H26N2O4S. The van der Waals surface area contributed by atoms with Gasteiger partial charge in [0.25, 0.3) is 10.0 Å². The molecule has 0 saturated heterocycles. The van der Waals surface area contributed by atoms with Gasteiger partial charge < -0.3 is 10.1 Å². The van der Waals surface area contributed by atoms with E-state index in [0.29, 0.717) is 17.1 Å². The van der Waals surface area contributed by atoms with Crippen LogP contribution in [0.15, 0.2) is 71.6 Å². The van der Waals surface area contributed by atoms with E-state index in [1.165, 1.54) is 19.2 Å². The number of rotatable bonds is 7. The smallest absolute Gasteiger partial charge is 0.264 e. The molecule has 3 rings (SSSR count). The molecule has 0 spiro atoms. The van der Waals surface area contributed by atoms with Gasteiger partial charge in [-0.3, -0.25) is 9.10 Å². The third-order valence-electron chi connectivity index (χ3n) is 5.13. The summed E-state index contributed by atoms with van der Waals surface area (Å²) in [5.74, 6) is -0.0898. The van der Waals surface area contributed by atoms with Crippen LogP contribution in [0.5, 0.6) is 5.75 Å². The Morgan fingerprint density at radius 3 is 2.29 bits per heavy atom. The Kier molecular flexibility index (Phi) is 6.65. The molecular weight excluding hydrogens is 412 g/mol. The quantitative estimate of drug-likeness (QED) is 0.591. The van der Waals surface area contributed by atoms with Gasteiger partial charge in [0.05, 0.1) is 17.7 Å². The molecule has 3 aromatic carbocycles. The normalized spacial score (nSPS) is 11.1. The van der Waals surface area contributed by atoms with E-state index in [4.69, 9.17) is 4.74 Å². The fraction of sp³-hybridized carbons (Fsp3) is 0.208. The standard InChI is InChI=1S/C24H26N2O4S/c1-17-12-14-20(15-13-17)31(28,29)26(22-10-5-6-11-23(22)30-4)16-24(27)25-21-9-7-8-18(2)19(21)3/h5-15H,16H2,1-4H3,(H,25,27). The number of aryl methyl sites for hydroxylation is 2. The van der Waals surface area contributed by atoms with Gasteiger partial charge in [0, 0.05) is 5.69 Å². The number of nitrogens with zero attached hydrogens (tertiary/aromatic N) is 1. The molecule has 0 aromatic heterocycles. The summed E-state index contributed by atoms with van der Waals surface area (Å²) < 4.78 is 33.5. The lowest BCUT2D eigenvalue weighted by Gasteiger charge is -2.26. The summed E-state index contributed by atoms with van der Waals surface area (Å²) in [6, 6.07) is 18.9. The first kappa shape index (κ1) is 22.4. The van der Waals surface area contributed by atoms with E-state index in [9.17, 15) is 13.2 Å². The zero-order chi connectivity index (χ0) is 22.6. The van der Waals surface area contributed by atoms with E-state index in [2.05, 4.69) is 5.32 Å². The summed E-state index contributed by atoms with van der Waals surface area (Å²) in [4.78, 5) is 13.0. The van der Waals surface area contributed by atoms with Crippen LogP contribution in [0.1, 0.15) is 16.7 Å². The molecule has 162 valence electrons. The topological polar surface area (TPSA) is 75.7 Å². The molecule has 0 heterocycles. The molecule has 0 saturated carbocycles. The molecule has 3 aromatic rings. The van der Waals surface area contributed by atoms with Crippen molar-refractivity contribution in [3.8, 4) is 5.75 Å². The van der Waals surface area contributed by atoms with Gasteiger partial charge in [-0.1, -0.05) is 42.0 Å². The number of carbonyl (C=O) groups excluding carboxylic acids is 1. The lowest BCUT2D eigenvalue weighted by atomic mass is 10.1. The number of methoxy groups -OCH3 is 1. The van der Waals surface area contributed by atoms with Crippen molar-refractivity contribution in [1.29, 1.82) is 0 Å². The Hall–Kier alpha value is -3.32. The first-order chi connectivity index (χ1) is 14.7. The number of amides is 1. The zero-order valence-corrected chi connectivity index (χ0v) is 18.9. The van der Waals surface area contributed by atoms with E-state index < -0.39 is 22.5 Å². The van der Waals surface area contributed by atoms with Crippen LogP contribution in [-0.2, 0) is 14.8 Å². The van der Waals surface area contributed by atoms with Crippen LogP contribution in [0.4, 0.5) is 11.4 Å². The molecule has 0 atom stereocenters. The van der Waals surface area contributed by atoms with E-state index in [0.717, 1.165) is 21.0 Å². The van der Waals surface area contributed by atoms with Gasteiger partial charge in [0.15, 0.2) is 0 Å². The molecule has 1 N–H and O–H groups in total. The molecule has 0 radical (unpaired) electrons. The van der Waals surface area contributed by atoms with Crippen molar-refractivity contribution >= 4 is 27.3 Å². The van der Waals surface area contributed by atoms with Crippen LogP contribution in [0.25, 0.3) is 0 Å². The number of nitrogens with one attached hydrogen (secondary N) is 1. The molecule has 31 heavy (non-hydrogen) atoms. The van der Waals surface area contributed by atoms with Gasteiger partial charge in [0.2, 0.25) is 5.91 Å². The van der Waals surface area contributed by atoms with Gasteiger partial charge in [-0.05, 0) is 62.2 Å². The van der Waals surface area contributed by atoms with Crippen LogP contribution >= 0.6 is 0 Å². The monoisotopic (exact) mass is 438 g/mol. The molecule has 1 amide bonds. The van der Waals surface area contributed by atoms with Gasteiger partial charge in [-0.15, -0.1) is 0 Å². The fourth-order valence-corrected chi connectivity index (χ4v) is 4.61. The van der Waals surface area contributed by atoms with Gasteiger partial charge in [-0.25, -0.2) is 8.42 Å². The highest BCUT2D eigenvalue weighted by Gasteiger charge is 2.29. The van der Waals surface area contributed by atoms with E-state index in [-0.39, 0.29) is 4.90 Å². The maximum atomic E-state index is 13.5. The zero-order valence-electron chi connectivity index (χ0n) is 18.0. The molecule has 0 bridgehead atoms. The fourth-order valence-electron chi connectivity index (χ4n) is 3.18. The maximum absolute atomic E-state index is 13.5. The first-order valence-electron chi connectivity index (χ1n) is 9.82. The molecule has 0 aliphatic rings. The highest BCUT2D eigenvalue weighted by molar-refractivity contribution is 7.92. The van der Waals surface area contributed by atoms with Gasteiger partial charge in [0.1, 0.15) is 12.3 Å². The van der Waals surface area contributed by atoms with Crippen molar-refractivity contribution in [2.45, 2.75) is 25.7 Å². The number of benzene rings is 3. The summed E-state index contributed by atoms with van der Waals surface area (Å²) in [7, 11) is -2.55. The van der Waals surface area contributed by atoms with Crippen molar-refractivity contribution in [1.82, 2.24) is 0 Å². The Balaban J connectivity index is 2.01. The minimum Gasteiger partial charge on any atom is -0.495 e. The minimum atomic E-state index is -4.02. The second kappa shape index (κ2) is 9.22. The number of sulfonamides is 1. The lowest BCUT2D eigenvalue weighted by Crippen LogP contribution is -2.38. The van der Waals surface area contributed by atoms with Gasteiger partial charge in [-0.2, -0.15) is 0 Å². The first-order valence-corrected chi connectivity index (χ1v) is 11.3. The number of hydrogen-bond acceptors (Lipinski definition) is 4.